The third kappa shape index (κ3) is 6.30. The van der Waals surface area contributed by atoms with E-state index in [-0.39, 0.29) is 18.3 Å². The average molecular weight is 431 g/mol. The van der Waals surface area contributed by atoms with Crippen molar-refractivity contribution in [1.82, 2.24) is 4.98 Å². The van der Waals surface area contributed by atoms with Crippen molar-refractivity contribution in [2.45, 2.75) is 20.0 Å². The van der Waals surface area contributed by atoms with Gasteiger partial charge in [0.1, 0.15) is 12.4 Å². The van der Waals surface area contributed by atoms with Crippen molar-refractivity contribution in [3.63, 3.8) is 0 Å². The molecule has 0 aliphatic heterocycles. The Morgan fingerprint density at radius 2 is 2.00 bits per heavy atom. The third-order valence-corrected chi connectivity index (χ3v) is 4.84. The van der Waals surface area contributed by atoms with Crippen molar-refractivity contribution in [3.05, 3.63) is 75.8 Å². The van der Waals surface area contributed by atoms with Gasteiger partial charge in [-0.2, -0.15) is 0 Å². The Morgan fingerprint density at radius 1 is 1.17 bits per heavy atom. The van der Waals surface area contributed by atoms with E-state index in [1.165, 1.54) is 11.3 Å². The fourth-order valence-corrected chi connectivity index (χ4v) is 3.41. The van der Waals surface area contributed by atoms with Gasteiger partial charge in [0.15, 0.2) is 5.13 Å². The second-order valence-corrected chi connectivity index (χ2v) is 7.32. The van der Waals surface area contributed by atoms with E-state index in [9.17, 15) is 9.59 Å². The fraction of sp³-hybridized carbons (Fsp3) is 0.190. The number of esters is 1. The van der Waals surface area contributed by atoms with Gasteiger partial charge < -0.3 is 9.47 Å². The first-order chi connectivity index (χ1) is 14.0. The van der Waals surface area contributed by atoms with Gasteiger partial charge >= 0.3 is 5.97 Å². The molecule has 6 nitrogen and oxygen atoms in total. The van der Waals surface area contributed by atoms with Crippen LogP contribution in [0.25, 0.3) is 0 Å². The molecule has 0 saturated heterocycles. The second-order valence-electron chi connectivity index (χ2n) is 6.03. The van der Waals surface area contributed by atoms with Crippen LogP contribution in [0.1, 0.15) is 28.5 Å². The summed E-state index contributed by atoms with van der Waals surface area (Å²) in [6.07, 6.45) is 0.0764. The van der Waals surface area contributed by atoms with Crippen LogP contribution in [0.15, 0.2) is 53.9 Å². The molecule has 150 valence electrons. The van der Waals surface area contributed by atoms with Gasteiger partial charge in [-0.25, -0.2) is 4.98 Å². The average Bonchev–Trinajstić information content (AvgIpc) is 3.13. The first-order valence-corrected chi connectivity index (χ1v) is 10.2. The maximum absolute atomic E-state index is 12.5. The molecule has 0 bridgehead atoms. The molecule has 29 heavy (non-hydrogen) atoms. The smallest absolute Gasteiger partial charge is 0.311 e. The molecule has 0 aliphatic rings. The van der Waals surface area contributed by atoms with Crippen molar-refractivity contribution >= 4 is 39.9 Å². The minimum absolute atomic E-state index is 0.0764. The zero-order valence-corrected chi connectivity index (χ0v) is 17.3. The number of carbonyl (C=O) groups excluding carboxylic acids is 2. The number of rotatable bonds is 8. The van der Waals surface area contributed by atoms with E-state index < -0.39 is 0 Å². The lowest BCUT2D eigenvalue weighted by Crippen LogP contribution is -2.12. The van der Waals surface area contributed by atoms with Gasteiger partial charge in [-0.3, -0.25) is 14.9 Å². The lowest BCUT2D eigenvalue weighted by Gasteiger charge is -2.08. The normalized spacial score (nSPS) is 10.4. The van der Waals surface area contributed by atoms with E-state index in [1.807, 2.05) is 18.2 Å². The molecule has 3 rings (SSSR count). The molecule has 0 spiro atoms. The van der Waals surface area contributed by atoms with Crippen LogP contribution >= 0.6 is 22.9 Å². The molecule has 0 radical (unpaired) electrons. The molecule has 1 aromatic heterocycles. The summed E-state index contributed by atoms with van der Waals surface area (Å²) in [7, 11) is 0. The van der Waals surface area contributed by atoms with E-state index in [2.05, 4.69) is 10.3 Å². The fourth-order valence-electron chi connectivity index (χ4n) is 2.50. The quantitative estimate of drug-likeness (QED) is 0.522. The van der Waals surface area contributed by atoms with E-state index in [0.29, 0.717) is 40.4 Å². The van der Waals surface area contributed by atoms with Crippen LogP contribution in [0.5, 0.6) is 5.75 Å². The summed E-state index contributed by atoms with van der Waals surface area (Å²) in [4.78, 5) is 28.3. The highest BCUT2D eigenvalue weighted by molar-refractivity contribution is 7.14. The van der Waals surface area contributed by atoms with Gasteiger partial charge in [-0.1, -0.05) is 29.8 Å². The van der Waals surface area contributed by atoms with Crippen molar-refractivity contribution < 1.29 is 19.1 Å². The van der Waals surface area contributed by atoms with Crippen LogP contribution in [0.4, 0.5) is 5.13 Å². The zero-order chi connectivity index (χ0) is 20.6. The number of nitrogens with zero attached hydrogens (tertiary/aromatic N) is 1. The lowest BCUT2D eigenvalue weighted by atomic mass is 10.2. The number of nitrogens with one attached hydrogen (secondary N) is 1. The van der Waals surface area contributed by atoms with Crippen molar-refractivity contribution in [2.75, 3.05) is 11.9 Å². The number of carbonyl (C=O) groups is 2. The van der Waals surface area contributed by atoms with Crippen LogP contribution in [0, 0.1) is 0 Å². The molecular formula is C21H19ClN2O4S. The standard InChI is InChI=1S/C21H19ClN2O4S/c1-2-27-19(25)11-17-13-29-21(23-17)24-20(26)15-6-4-8-18(10-15)28-12-14-5-3-7-16(22)9-14/h3-10,13H,2,11-12H2,1H3,(H,23,24,26). The van der Waals surface area contributed by atoms with Crippen LogP contribution in [-0.2, 0) is 22.6 Å². The van der Waals surface area contributed by atoms with E-state index in [1.54, 1.807) is 42.6 Å². The molecule has 0 unspecified atom stereocenters. The largest absolute Gasteiger partial charge is 0.489 e. The molecular weight excluding hydrogens is 412 g/mol. The molecule has 0 aliphatic carbocycles. The summed E-state index contributed by atoms with van der Waals surface area (Å²) in [5.41, 5.74) is 1.93. The predicted molar refractivity (Wildman–Crippen MR) is 113 cm³/mol. The Kier molecular flexibility index (Phi) is 7.21. The zero-order valence-electron chi connectivity index (χ0n) is 15.7. The van der Waals surface area contributed by atoms with Crippen molar-refractivity contribution in [1.29, 1.82) is 0 Å². The molecule has 3 aromatic rings. The number of anilines is 1. The van der Waals surface area contributed by atoms with Gasteiger partial charge in [0.05, 0.1) is 18.7 Å². The Hall–Kier alpha value is -2.90. The topological polar surface area (TPSA) is 77.5 Å². The van der Waals surface area contributed by atoms with E-state index in [4.69, 9.17) is 21.1 Å². The molecule has 2 aromatic carbocycles. The molecule has 0 atom stereocenters. The minimum Gasteiger partial charge on any atom is -0.489 e. The summed E-state index contributed by atoms with van der Waals surface area (Å²) in [5.74, 6) is -0.0877. The summed E-state index contributed by atoms with van der Waals surface area (Å²) in [5, 5.41) is 5.51. The van der Waals surface area contributed by atoms with Crippen molar-refractivity contribution in [3.8, 4) is 5.75 Å². The third-order valence-electron chi connectivity index (χ3n) is 3.79. The first-order valence-electron chi connectivity index (χ1n) is 8.92. The number of ether oxygens (including phenoxy) is 2. The van der Waals surface area contributed by atoms with Crippen LogP contribution in [0.3, 0.4) is 0 Å². The highest BCUT2D eigenvalue weighted by atomic mass is 35.5. The summed E-state index contributed by atoms with van der Waals surface area (Å²) in [6, 6.07) is 14.3. The Bertz CT molecular complexity index is 1010. The number of aromatic nitrogens is 1. The monoisotopic (exact) mass is 430 g/mol. The van der Waals surface area contributed by atoms with Gasteiger partial charge in [-0.05, 0) is 42.8 Å². The Labute approximate surface area is 177 Å². The summed E-state index contributed by atoms with van der Waals surface area (Å²) < 4.78 is 10.7. The SMILES string of the molecule is CCOC(=O)Cc1csc(NC(=O)c2cccc(OCc3cccc(Cl)c3)c2)n1. The number of hydrogen-bond donors (Lipinski definition) is 1. The number of amides is 1. The van der Waals surface area contributed by atoms with E-state index in [0.717, 1.165) is 5.56 Å². The number of hydrogen-bond acceptors (Lipinski definition) is 6. The molecule has 0 fully saturated rings. The first kappa shape index (κ1) is 20.8. The lowest BCUT2D eigenvalue weighted by molar-refractivity contribution is -0.142. The highest BCUT2D eigenvalue weighted by Gasteiger charge is 2.12. The van der Waals surface area contributed by atoms with Gasteiger partial charge in [0.2, 0.25) is 0 Å². The summed E-state index contributed by atoms with van der Waals surface area (Å²) in [6.45, 7) is 2.41. The molecule has 8 heteroatoms. The van der Waals surface area contributed by atoms with Crippen molar-refractivity contribution in [2.24, 2.45) is 0 Å². The molecule has 1 amide bonds. The van der Waals surface area contributed by atoms with E-state index >= 15 is 0 Å². The van der Waals surface area contributed by atoms with Crippen LogP contribution in [-0.4, -0.2) is 23.5 Å². The summed E-state index contributed by atoms with van der Waals surface area (Å²) >= 11 is 7.23. The van der Waals surface area contributed by atoms with Crippen LogP contribution in [0.2, 0.25) is 5.02 Å². The number of thiazole rings is 1. The highest BCUT2D eigenvalue weighted by Crippen LogP contribution is 2.20. The predicted octanol–water partition coefficient (Wildman–Crippen LogP) is 4.73. The molecule has 1 heterocycles. The number of halogens is 1. The van der Waals surface area contributed by atoms with Gasteiger partial charge in [0, 0.05) is 16.0 Å². The van der Waals surface area contributed by atoms with Crippen LogP contribution < -0.4 is 10.1 Å². The van der Waals surface area contributed by atoms with Gasteiger partial charge in [0.25, 0.3) is 5.91 Å². The second kappa shape index (κ2) is 10.0. The Balaban J connectivity index is 1.59. The maximum atomic E-state index is 12.5. The van der Waals surface area contributed by atoms with Gasteiger partial charge in [-0.15, -0.1) is 11.3 Å². The minimum atomic E-state index is -0.347. The number of benzene rings is 2. The molecule has 1 N–H and O–H groups in total. The maximum Gasteiger partial charge on any atom is 0.311 e. The molecule has 0 saturated carbocycles. The Morgan fingerprint density at radius 3 is 2.79 bits per heavy atom.